The zero-order chi connectivity index (χ0) is 74.6. The van der Waals surface area contributed by atoms with Crippen LogP contribution in [0.15, 0.2) is 0 Å². The maximum Gasteiger partial charge on any atom is 0.472 e. The summed E-state index contributed by atoms with van der Waals surface area (Å²) in [7, 11) is -9.92. The van der Waals surface area contributed by atoms with E-state index in [9.17, 15) is 43.2 Å². The van der Waals surface area contributed by atoms with E-state index in [4.69, 9.17) is 37.0 Å². The number of carbonyl (C=O) groups excluding carboxylic acids is 4. The van der Waals surface area contributed by atoms with Crippen LogP contribution in [0, 0.1) is 23.7 Å². The standard InChI is InChI=1S/C82H160O17P2/c1-9-74(7)60-52-44-36-30-24-17-15-13-11-12-14-16-18-25-31-37-46-54-62-79(84)92-68-77(98-82(87)65-57-49-39-33-27-21-23-29-35-43-51-59-73(5)6)70-96-100(88,89)94-66-76(83)67-95-101(90,91)97-71-78(69-93-80(85)63-55-47-41-40-45-53-61-75(8)10-2)99-81(86)64-56-48-38-32-26-20-19-22-28-34-42-50-58-72(3)4/h72-78,83H,9-71H2,1-8H3,(H,88,89)(H,90,91)/t74?,75?,76-,77-,78-/m1/s1. The van der Waals surface area contributed by atoms with Crippen molar-refractivity contribution in [1.29, 1.82) is 0 Å². The Morgan fingerprint density at radius 3 is 0.703 bits per heavy atom. The summed E-state index contributed by atoms with van der Waals surface area (Å²) in [6, 6.07) is 0. The molecule has 0 aliphatic rings. The average molecular weight is 1480 g/mol. The Morgan fingerprint density at radius 1 is 0.277 bits per heavy atom. The summed E-state index contributed by atoms with van der Waals surface area (Å²) in [5, 5.41) is 10.6. The highest BCUT2D eigenvalue weighted by Crippen LogP contribution is 2.45. The van der Waals surface area contributed by atoms with Gasteiger partial charge in [-0.05, 0) is 49.4 Å². The van der Waals surface area contributed by atoms with Gasteiger partial charge < -0.3 is 33.8 Å². The van der Waals surface area contributed by atoms with Crippen molar-refractivity contribution in [3.05, 3.63) is 0 Å². The Kier molecular flexibility index (Phi) is 69.6. The number of hydrogen-bond acceptors (Lipinski definition) is 15. The van der Waals surface area contributed by atoms with Gasteiger partial charge >= 0.3 is 39.5 Å². The molecule has 3 N–H and O–H groups in total. The normalized spacial score (nSPS) is 14.5. The number of esters is 4. The molecule has 0 radical (unpaired) electrons. The molecule has 19 heteroatoms. The molecule has 0 amide bonds. The van der Waals surface area contributed by atoms with Crippen LogP contribution in [0.4, 0.5) is 0 Å². The van der Waals surface area contributed by atoms with Gasteiger partial charge in [0, 0.05) is 25.7 Å². The fraction of sp³-hybridized carbons (Fsp3) is 0.951. The lowest BCUT2D eigenvalue weighted by Crippen LogP contribution is -2.30. The summed E-state index contributed by atoms with van der Waals surface area (Å²) in [6.07, 6.45) is 58.3. The van der Waals surface area contributed by atoms with E-state index in [0.717, 1.165) is 120 Å². The zero-order valence-electron chi connectivity index (χ0n) is 66.5. The molecule has 0 bridgehead atoms. The van der Waals surface area contributed by atoms with Crippen molar-refractivity contribution in [3.8, 4) is 0 Å². The van der Waals surface area contributed by atoms with E-state index >= 15 is 0 Å². The van der Waals surface area contributed by atoms with Gasteiger partial charge in [-0.3, -0.25) is 37.3 Å². The lowest BCUT2D eigenvalue weighted by Gasteiger charge is -2.21. The number of unbranched alkanes of at least 4 members (excludes halogenated alkanes) is 43. The molecule has 0 aromatic rings. The van der Waals surface area contributed by atoms with Crippen molar-refractivity contribution in [2.24, 2.45) is 23.7 Å². The smallest absolute Gasteiger partial charge is 0.462 e. The number of aliphatic hydroxyl groups is 1. The lowest BCUT2D eigenvalue weighted by atomic mass is 9.99. The number of ether oxygens (including phenoxy) is 4. The van der Waals surface area contributed by atoms with Crippen LogP contribution in [-0.2, 0) is 65.4 Å². The zero-order valence-corrected chi connectivity index (χ0v) is 68.3. The van der Waals surface area contributed by atoms with Gasteiger partial charge in [0.05, 0.1) is 26.4 Å². The molecule has 0 aromatic carbocycles. The molecule has 0 aliphatic carbocycles. The highest BCUT2D eigenvalue weighted by Gasteiger charge is 2.30. The fourth-order valence-electron chi connectivity index (χ4n) is 12.5. The van der Waals surface area contributed by atoms with E-state index in [0.29, 0.717) is 25.7 Å². The monoisotopic (exact) mass is 1480 g/mol. The first-order valence-electron chi connectivity index (χ1n) is 42.3. The predicted octanol–water partition coefficient (Wildman–Crippen LogP) is 24.4. The largest absolute Gasteiger partial charge is 0.472 e. The molecular formula is C82H160O17P2. The fourth-order valence-corrected chi connectivity index (χ4v) is 14.1. The Balaban J connectivity index is 5.20. The molecule has 0 aliphatic heterocycles. The highest BCUT2D eigenvalue weighted by atomic mass is 31.2. The highest BCUT2D eigenvalue weighted by molar-refractivity contribution is 7.47. The van der Waals surface area contributed by atoms with Crippen LogP contribution in [0.2, 0.25) is 0 Å². The van der Waals surface area contributed by atoms with E-state index in [-0.39, 0.29) is 25.7 Å². The number of carbonyl (C=O) groups is 4. The molecule has 7 atom stereocenters. The Labute approximate surface area is 619 Å². The number of rotatable bonds is 79. The molecule has 0 saturated heterocycles. The number of phosphoric acid groups is 2. The summed E-state index contributed by atoms with van der Waals surface area (Å²) in [5.41, 5.74) is 0. The third kappa shape index (κ3) is 73.4. The first kappa shape index (κ1) is 99.1. The van der Waals surface area contributed by atoms with Crippen LogP contribution in [0.5, 0.6) is 0 Å². The lowest BCUT2D eigenvalue weighted by molar-refractivity contribution is -0.161. The molecule has 4 unspecified atom stereocenters. The number of phosphoric ester groups is 2. The van der Waals surface area contributed by atoms with Crippen LogP contribution in [0.3, 0.4) is 0 Å². The van der Waals surface area contributed by atoms with Crippen molar-refractivity contribution < 1.29 is 80.2 Å². The van der Waals surface area contributed by atoms with Gasteiger partial charge in [0.2, 0.25) is 0 Å². The molecule has 101 heavy (non-hydrogen) atoms. The first-order valence-corrected chi connectivity index (χ1v) is 45.3. The summed E-state index contributed by atoms with van der Waals surface area (Å²) < 4.78 is 68.7. The third-order valence-electron chi connectivity index (χ3n) is 19.8. The van der Waals surface area contributed by atoms with Gasteiger partial charge in [-0.25, -0.2) is 9.13 Å². The van der Waals surface area contributed by atoms with E-state index < -0.39 is 97.5 Å². The summed E-state index contributed by atoms with van der Waals surface area (Å²) in [4.78, 5) is 73.0. The van der Waals surface area contributed by atoms with Gasteiger partial charge in [0.1, 0.15) is 19.3 Å². The van der Waals surface area contributed by atoms with Crippen LogP contribution in [-0.4, -0.2) is 96.7 Å². The van der Waals surface area contributed by atoms with Crippen LogP contribution < -0.4 is 0 Å². The van der Waals surface area contributed by atoms with Gasteiger partial charge in [-0.2, -0.15) is 0 Å². The second-order valence-corrected chi connectivity index (χ2v) is 33.9. The molecule has 0 spiro atoms. The summed E-state index contributed by atoms with van der Waals surface area (Å²) in [5.74, 6) is 1.03. The van der Waals surface area contributed by atoms with Crippen molar-refractivity contribution >= 4 is 39.5 Å². The Morgan fingerprint density at radius 2 is 0.475 bits per heavy atom. The predicted molar refractivity (Wildman–Crippen MR) is 414 cm³/mol. The Hall–Kier alpha value is -1.94. The summed E-state index contributed by atoms with van der Waals surface area (Å²) in [6.45, 7) is 14.3. The first-order chi connectivity index (χ1) is 48.7. The van der Waals surface area contributed by atoms with Crippen molar-refractivity contribution in [2.75, 3.05) is 39.6 Å². The second-order valence-electron chi connectivity index (χ2n) is 31.0. The number of hydrogen-bond donors (Lipinski definition) is 3. The van der Waals surface area contributed by atoms with Crippen LogP contribution in [0.25, 0.3) is 0 Å². The van der Waals surface area contributed by atoms with Gasteiger partial charge in [0.15, 0.2) is 12.2 Å². The van der Waals surface area contributed by atoms with E-state index in [1.807, 2.05) is 0 Å². The quantitative estimate of drug-likeness (QED) is 0.0222. The van der Waals surface area contributed by atoms with Crippen molar-refractivity contribution in [2.45, 2.75) is 440 Å². The minimum atomic E-state index is -4.96. The molecule has 0 aromatic heterocycles. The Bertz CT molecular complexity index is 1980. The second kappa shape index (κ2) is 71.0. The SMILES string of the molecule is CCC(C)CCCCCCCCCCCCCCCCCCCCC(=O)OC[C@H](COP(=O)(O)OC[C@@H](O)COP(=O)(O)OC[C@@H](COC(=O)CCCCCCCCC(C)CC)OC(=O)CCCCCCCCCCCCCCC(C)C)OC(=O)CCCCCCCCCCCCCC(C)C. The molecule has 0 rings (SSSR count). The average Bonchev–Trinajstić information content (AvgIpc) is 0.918. The molecule has 0 fully saturated rings. The van der Waals surface area contributed by atoms with Crippen molar-refractivity contribution in [1.82, 2.24) is 0 Å². The number of aliphatic hydroxyl groups excluding tert-OH is 1. The van der Waals surface area contributed by atoms with Gasteiger partial charge in [-0.1, -0.05) is 370 Å². The van der Waals surface area contributed by atoms with E-state index in [1.54, 1.807) is 0 Å². The maximum absolute atomic E-state index is 13.1. The molecule has 0 heterocycles. The minimum Gasteiger partial charge on any atom is -0.462 e. The topological polar surface area (TPSA) is 237 Å². The van der Waals surface area contributed by atoms with E-state index in [2.05, 4.69) is 55.4 Å². The van der Waals surface area contributed by atoms with Gasteiger partial charge in [-0.15, -0.1) is 0 Å². The van der Waals surface area contributed by atoms with Crippen LogP contribution in [0.1, 0.15) is 421 Å². The van der Waals surface area contributed by atoms with E-state index in [1.165, 1.54) is 218 Å². The summed E-state index contributed by atoms with van der Waals surface area (Å²) >= 11 is 0. The maximum atomic E-state index is 13.1. The third-order valence-corrected chi connectivity index (χ3v) is 21.7. The molecule has 0 saturated carbocycles. The van der Waals surface area contributed by atoms with Crippen LogP contribution >= 0.6 is 15.6 Å². The molecular weight excluding hydrogens is 1320 g/mol. The minimum absolute atomic E-state index is 0.106. The molecule has 17 nitrogen and oxygen atoms in total. The molecule has 600 valence electrons. The van der Waals surface area contributed by atoms with Crippen molar-refractivity contribution in [3.63, 3.8) is 0 Å². The van der Waals surface area contributed by atoms with Gasteiger partial charge in [0.25, 0.3) is 0 Å².